The van der Waals surface area contributed by atoms with Crippen molar-refractivity contribution in [2.24, 2.45) is 0 Å². The Kier molecular flexibility index (Phi) is 6.99. The maximum Gasteiger partial charge on any atom is 0.153 e. The largest absolute Gasteiger partial charge is 0.492 e. The smallest absolute Gasteiger partial charge is 0.153 e. The molecule has 1 unspecified atom stereocenters. The van der Waals surface area contributed by atoms with Crippen LogP contribution in [0.25, 0.3) is 0 Å². The standard InChI is InChI=1S/C14H22BrNO3S/c1-4-8-20(17,18)9-7-19-14-6-5-12(15)10-13(14)11(2)16-3/h5-6,10-11,16H,4,7-9H2,1-3H3. The first-order valence-electron chi connectivity index (χ1n) is 6.69. The number of hydrogen-bond acceptors (Lipinski definition) is 4. The van der Waals surface area contributed by atoms with Crippen molar-refractivity contribution < 1.29 is 13.2 Å². The number of hydrogen-bond donors (Lipinski definition) is 1. The first kappa shape index (κ1) is 17.5. The average molecular weight is 364 g/mol. The summed E-state index contributed by atoms with van der Waals surface area (Å²) in [5.74, 6) is 1.00. The van der Waals surface area contributed by atoms with Crippen LogP contribution < -0.4 is 10.1 Å². The van der Waals surface area contributed by atoms with E-state index in [4.69, 9.17) is 4.74 Å². The van der Waals surface area contributed by atoms with Crippen LogP contribution in [0.5, 0.6) is 5.75 Å². The van der Waals surface area contributed by atoms with Crippen molar-refractivity contribution in [1.82, 2.24) is 5.32 Å². The molecule has 1 N–H and O–H groups in total. The van der Waals surface area contributed by atoms with Crippen LogP contribution in [-0.2, 0) is 9.84 Å². The lowest BCUT2D eigenvalue weighted by Crippen LogP contribution is -2.18. The minimum Gasteiger partial charge on any atom is -0.492 e. The predicted molar refractivity (Wildman–Crippen MR) is 86.1 cm³/mol. The van der Waals surface area contributed by atoms with Gasteiger partial charge in [0.25, 0.3) is 0 Å². The molecule has 0 aromatic heterocycles. The molecular formula is C14H22BrNO3S. The normalized spacial score (nSPS) is 13.2. The molecule has 0 amide bonds. The van der Waals surface area contributed by atoms with Gasteiger partial charge in [-0.05, 0) is 38.6 Å². The van der Waals surface area contributed by atoms with Crippen molar-refractivity contribution in [3.05, 3.63) is 28.2 Å². The topological polar surface area (TPSA) is 55.4 Å². The highest BCUT2D eigenvalue weighted by Crippen LogP contribution is 2.28. The molecule has 0 fully saturated rings. The van der Waals surface area contributed by atoms with Crippen LogP contribution >= 0.6 is 15.9 Å². The first-order valence-corrected chi connectivity index (χ1v) is 9.31. The summed E-state index contributed by atoms with van der Waals surface area (Å²) in [4.78, 5) is 0. The van der Waals surface area contributed by atoms with Crippen LogP contribution in [0.4, 0.5) is 0 Å². The van der Waals surface area contributed by atoms with E-state index in [1.165, 1.54) is 0 Å². The summed E-state index contributed by atoms with van der Waals surface area (Å²) in [5, 5.41) is 3.16. The molecule has 20 heavy (non-hydrogen) atoms. The highest BCUT2D eigenvalue weighted by Gasteiger charge is 2.13. The molecular weight excluding hydrogens is 342 g/mol. The summed E-state index contributed by atoms with van der Waals surface area (Å²) in [6.07, 6.45) is 0.642. The number of rotatable bonds is 8. The van der Waals surface area contributed by atoms with Gasteiger partial charge in [-0.25, -0.2) is 8.42 Å². The predicted octanol–water partition coefficient (Wildman–Crippen LogP) is 2.93. The fourth-order valence-corrected chi connectivity index (χ4v) is 3.38. The molecule has 0 spiro atoms. The lowest BCUT2D eigenvalue weighted by Gasteiger charge is -2.17. The Balaban J connectivity index is 2.73. The van der Waals surface area contributed by atoms with Gasteiger partial charge in [0, 0.05) is 16.1 Å². The van der Waals surface area contributed by atoms with Gasteiger partial charge in [-0.1, -0.05) is 22.9 Å². The van der Waals surface area contributed by atoms with E-state index in [2.05, 4.69) is 21.2 Å². The number of ether oxygens (including phenoxy) is 1. The average Bonchev–Trinajstić information content (AvgIpc) is 2.39. The molecule has 0 aliphatic heterocycles. The molecule has 0 aliphatic rings. The fourth-order valence-electron chi connectivity index (χ4n) is 1.84. The van der Waals surface area contributed by atoms with Gasteiger partial charge in [0.1, 0.15) is 12.4 Å². The monoisotopic (exact) mass is 363 g/mol. The van der Waals surface area contributed by atoms with Crippen LogP contribution in [0.15, 0.2) is 22.7 Å². The molecule has 6 heteroatoms. The molecule has 1 rings (SSSR count). The Morgan fingerprint density at radius 1 is 1.35 bits per heavy atom. The molecule has 0 radical (unpaired) electrons. The Morgan fingerprint density at radius 2 is 2.05 bits per heavy atom. The molecule has 114 valence electrons. The molecule has 0 saturated carbocycles. The lowest BCUT2D eigenvalue weighted by molar-refractivity contribution is 0.334. The van der Waals surface area contributed by atoms with Crippen molar-refractivity contribution in [3.63, 3.8) is 0 Å². The van der Waals surface area contributed by atoms with Crippen LogP contribution in [-0.4, -0.2) is 33.6 Å². The highest BCUT2D eigenvalue weighted by atomic mass is 79.9. The Hall–Kier alpha value is -0.590. The Morgan fingerprint density at radius 3 is 2.65 bits per heavy atom. The van der Waals surface area contributed by atoms with Gasteiger partial charge >= 0.3 is 0 Å². The minimum absolute atomic E-state index is 0.0598. The van der Waals surface area contributed by atoms with Crippen LogP contribution in [0.3, 0.4) is 0 Å². The summed E-state index contributed by atoms with van der Waals surface area (Å²) in [5.41, 5.74) is 1.01. The van der Waals surface area contributed by atoms with E-state index >= 15 is 0 Å². The molecule has 0 saturated heterocycles. The van der Waals surface area contributed by atoms with E-state index in [-0.39, 0.29) is 24.2 Å². The summed E-state index contributed by atoms with van der Waals surface area (Å²) in [7, 11) is -1.12. The minimum atomic E-state index is -3.00. The Labute approximate surface area is 130 Å². The van der Waals surface area contributed by atoms with E-state index < -0.39 is 9.84 Å². The van der Waals surface area contributed by atoms with Crippen molar-refractivity contribution in [1.29, 1.82) is 0 Å². The maximum absolute atomic E-state index is 11.7. The van der Waals surface area contributed by atoms with Crippen molar-refractivity contribution in [3.8, 4) is 5.75 Å². The van der Waals surface area contributed by atoms with E-state index in [0.29, 0.717) is 6.42 Å². The third-order valence-electron chi connectivity index (χ3n) is 3.04. The van der Waals surface area contributed by atoms with Gasteiger partial charge in [0.05, 0.1) is 11.5 Å². The van der Waals surface area contributed by atoms with Crippen LogP contribution in [0.2, 0.25) is 0 Å². The first-order chi connectivity index (χ1) is 9.39. The number of nitrogens with one attached hydrogen (secondary N) is 1. The van der Waals surface area contributed by atoms with Crippen LogP contribution in [0, 0.1) is 0 Å². The summed E-state index contributed by atoms with van der Waals surface area (Å²) < 4.78 is 29.9. The number of benzene rings is 1. The van der Waals surface area contributed by atoms with E-state index in [9.17, 15) is 8.42 Å². The summed E-state index contributed by atoms with van der Waals surface area (Å²) >= 11 is 3.44. The van der Waals surface area contributed by atoms with Crippen molar-refractivity contribution in [2.45, 2.75) is 26.3 Å². The van der Waals surface area contributed by atoms with Gasteiger partial charge < -0.3 is 10.1 Å². The molecule has 1 aromatic carbocycles. The zero-order valence-corrected chi connectivity index (χ0v) is 14.6. The van der Waals surface area contributed by atoms with E-state index in [0.717, 1.165) is 15.8 Å². The summed E-state index contributed by atoms with van der Waals surface area (Å²) in [6.45, 7) is 4.08. The molecule has 1 atom stereocenters. The van der Waals surface area contributed by atoms with E-state index in [1.54, 1.807) is 0 Å². The quantitative estimate of drug-likeness (QED) is 0.771. The van der Waals surface area contributed by atoms with Gasteiger partial charge in [-0.3, -0.25) is 0 Å². The maximum atomic E-state index is 11.7. The third-order valence-corrected chi connectivity index (χ3v) is 5.35. The van der Waals surface area contributed by atoms with Gasteiger partial charge in [-0.15, -0.1) is 0 Å². The third kappa shape index (κ3) is 5.42. The van der Waals surface area contributed by atoms with E-state index in [1.807, 2.05) is 39.1 Å². The summed E-state index contributed by atoms with van der Waals surface area (Å²) in [6, 6.07) is 5.87. The molecule has 0 aliphatic carbocycles. The second-order valence-corrected chi connectivity index (χ2v) is 7.91. The molecule has 1 aromatic rings. The fraction of sp³-hybridized carbons (Fsp3) is 0.571. The lowest BCUT2D eigenvalue weighted by atomic mass is 10.1. The van der Waals surface area contributed by atoms with Crippen LogP contribution in [0.1, 0.15) is 31.9 Å². The number of halogens is 1. The van der Waals surface area contributed by atoms with Crippen molar-refractivity contribution >= 4 is 25.8 Å². The zero-order chi connectivity index (χ0) is 15.2. The van der Waals surface area contributed by atoms with Gasteiger partial charge in [0.15, 0.2) is 9.84 Å². The van der Waals surface area contributed by atoms with Gasteiger partial charge in [0.2, 0.25) is 0 Å². The number of sulfone groups is 1. The highest BCUT2D eigenvalue weighted by molar-refractivity contribution is 9.10. The second-order valence-electron chi connectivity index (χ2n) is 4.69. The van der Waals surface area contributed by atoms with Gasteiger partial charge in [-0.2, -0.15) is 0 Å². The Bertz CT molecular complexity index is 531. The second kappa shape index (κ2) is 8.00. The van der Waals surface area contributed by atoms with Crippen molar-refractivity contribution in [2.75, 3.05) is 25.2 Å². The zero-order valence-electron chi connectivity index (χ0n) is 12.1. The molecule has 0 bridgehead atoms. The SMILES string of the molecule is CCCS(=O)(=O)CCOc1ccc(Br)cc1C(C)NC. The molecule has 0 heterocycles. The molecule has 4 nitrogen and oxygen atoms in total.